The molecule has 0 spiro atoms. The van der Waals surface area contributed by atoms with E-state index < -0.39 is 5.97 Å². The van der Waals surface area contributed by atoms with Gasteiger partial charge in [-0.1, -0.05) is 0 Å². The first-order valence-corrected chi connectivity index (χ1v) is 5.38. The van der Waals surface area contributed by atoms with Gasteiger partial charge >= 0.3 is 12.0 Å². The Morgan fingerprint density at radius 2 is 2.31 bits per heavy atom. The summed E-state index contributed by atoms with van der Waals surface area (Å²) in [6, 6.07) is -0.222. The van der Waals surface area contributed by atoms with Crippen LogP contribution < -0.4 is 5.32 Å². The first-order chi connectivity index (χ1) is 7.63. The molecule has 1 unspecified atom stereocenters. The second kappa shape index (κ2) is 6.32. The van der Waals surface area contributed by atoms with Gasteiger partial charge in [0.2, 0.25) is 0 Å². The van der Waals surface area contributed by atoms with E-state index in [0.717, 1.165) is 6.42 Å². The van der Waals surface area contributed by atoms with Gasteiger partial charge in [-0.05, 0) is 13.3 Å². The molecule has 1 rings (SSSR count). The Morgan fingerprint density at radius 3 is 2.88 bits per heavy atom. The Bertz CT molecular complexity index is 251. The zero-order valence-electron chi connectivity index (χ0n) is 9.69. The van der Waals surface area contributed by atoms with Gasteiger partial charge in [0.1, 0.15) is 6.54 Å². The highest BCUT2D eigenvalue weighted by molar-refractivity contribution is 5.80. The van der Waals surface area contributed by atoms with Crippen LogP contribution in [0.15, 0.2) is 0 Å². The first-order valence-electron chi connectivity index (χ1n) is 5.38. The molecule has 6 nitrogen and oxygen atoms in total. The monoisotopic (exact) mass is 230 g/mol. The number of hydrogen-bond donors (Lipinski definition) is 1. The third-order valence-corrected chi connectivity index (χ3v) is 2.28. The molecule has 1 atom stereocenters. The zero-order chi connectivity index (χ0) is 12.0. The maximum atomic E-state index is 11.6. The van der Waals surface area contributed by atoms with E-state index in [4.69, 9.17) is 9.47 Å². The van der Waals surface area contributed by atoms with Crippen molar-refractivity contribution < 1.29 is 19.1 Å². The Balaban J connectivity index is 2.26. The van der Waals surface area contributed by atoms with Crippen LogP contribution in [-0.2, 0) is 14.3 Å². The van der Waals surface area contributed by atoms with Gasteiger partial charge in [0.15, 0.2) is 0 Å². The van der Waals surface area contributed by atoms with Gasteiger partial charge in [0.05, 0.1) is 19.3 Å². The smallest absolute Gasteiger partial charge is 0.325 e. The van der Waals surface area contributed by atoms with Crippen LogP contribution in [-0.4, -0.2) is 56.4 Å². The molecule has 6 heteroatoms. The summed E-state index contributed by atoms with van der Waals surface area (Å²) in [6.07, 6.45) is 0.818. The zero-order valence-corrected chi connectivity index (χ0v) is 9.69. The molecule has 2 amide bonds. The molecule has 1 aliphatic rings. The molecule has 0 aromatic carbocycles. The van der Waals surface area contributed by atoms with Gasteiger partial charge in [-0.25, -0.2) is 4.79 Å². The fraction of sp³-hybridized carbons (Fsp3) is 0.800. The molecular weight excluding hydrogens is 212 g/mol. The fourth-order valence-electron chi connectivity index (χ4n) is 1.41. The molecule has 1 saturated heterocycles. The van der Waals surface area contributed by atoms with E-state index in [1.54, 1.807) is 14.0 Å². The average Bonchev–Trinajstić information content (AvgIpc) is 2.70. The summed E-state index contributed by atoms with van der Waals surface area (Å²) >= 11 is 0. The van der Waals surface area contributed by atoms with Crippen molar-refractivity contribution in [2.45, 2.75) is 19.4 Å². The van der Waals surface area contributed by atoms with Crippen molar-refractivity contribution in [3.8, 4) is 0 Å². The summed E-state index contributed by atoms with van der Waals surface area (Å²) in [5, 5.41) is 2.78. The minimum atomic E-state index is -0.400. The number of likely N-dealkylation sites (N-methyl/N-ethyl adjacent to an activating group) is 1. The molecule has 1 aliphatic heterocycles. The second-order valence-corrected chi connectivity index (χ2v) is 3.67. The van der Waals surface area contributed by atoms with Crippen molar-refractivity contribution in [2.24, 2.45) is 0 Å². The summed E-state index contributed by atoms with van der Waals surface area (Å²) in [4.78, 5) is 24.0. The lowest BCUT2D eigenvalue weighted by Gasteiger charge is -2.19. The lowest BCUT2D eigenvalue weighted by Crippen LogP contribution is -2.45. The van der Waals surface area contributed by atoms with Crippen LogP contribution in [0, 0.1) is 0 Å². The highest BCUT2D eigenvalue weighted by Crippen LogP contribution is 2.03. The van der Waals surface area contributed by atoms with Gasteiger partial charge in [0, 0.05) is 13.7 Å². The van der Waals surface area contributed by atoms with Crippen molar-refractivity contribution in [2.75, 3.05) is 33.4 Å². The van der Waals surface area contributed by atoms with Gasteiger partial charge in [-0.2, -0.15) is 0 Å². The lowest BCUT2D eigenvalue weighted by atomic mass is 10.3. The maximum Gasteiger partial charge on any atom is 0.325 e. The molecule has 0 saturated carbocycles. The third-order valence-electron chi connectivity index (χ3n) is 2.28. The molecule has 1 fully saturated rings. The fourth-order valence-corrected chi connectivity index (χ4v) is 1.41. The van der Waals surface area contributed by atoms with Crippen LogP contribution >= 0.6 is 0 Å². The number of ether oxygens (including phenoxy) is 2. The van der Waals surface area contributed by atoms with Gasteiger partial charge in [-0.15, -0.1) is 0 Å². The number of hydrogen-bond acceptors (Lipinski definition) is 4. The Morgan fingerprint density at radius 1 is 1.56 bits per heavy atom. The Labute approximate surface area is 94.9 Å². The standard InChI is InChI=1S/C10H18N2O4/c1-3-16-9(13)6-12(2)10(14)11-8-4-5-15-7-8/h8H,3-7H2,1-2H3,(H,11,14). The van der Waals surface area contributed by atoms with Gasteiger partial charge in [0.25, 0.3) is 0 Å². The SMILES string of the molecule is CCOC(=O)CN(C)C(=O)NC1CCOC1. The molecule has 1 heterocycles. The molecule has 0 aromatic heterocycles. The highest BCUT2D eigenvalue weighted by Gasteiger charge is 2.20. The number of amides is 2. The quantitative estimate of drug-likeness (QED) is 0.689. The molecule has 1 N–H and O–H groups in total. The van der Waals surface area contributed by atoms with Crippen LogP contribution in [0.4, 0.5) is 4.79 Å². The average molecular weight is 230 g/mol. The largest absolute Gasteiger partial charge is 0.465 e. The summed E-state index contributed by atoms with van der Waals surface area (Å²) in [5.41, 5.74) is 0. The molecule has 92 valence electrons. The van der Waals surface area contributed by atoms with Gasteiger partial charge in [-0.3, -0.25) is 4.79 Å². The van der Waals surface area contributed by atoms with E-state index in [2.05, 4.69) is 5.32 Å². The van der Waals surface area contributed by atoms with Crippen LogP contribution in [0.3, 0.4) is 0 Å². The maximum absolute atomic E-state index is 11.6. The number of carbonyl (C=O) groups is 2. The van der Waals surface area contributed by atoms with E-state index in [1.165, 1.54) is 4.90 Å². The minimum absolute atomic E-state index is 0.0345. The predicted octanol–water partition coefficient (Wildman–Crippen LogP) is -0.0202. The summed E-state index contributed by atoms with van der Waals surface area (Å²) < 4.78 is 9.88. The third kappa shape index (κ3) is 4.06. The number of nitrogens with one attached hydrogen (secondary N) is 1. The van der Waals surface area contributed by atoms with E-state index in [-0.39, 0.29) is 18.6 Å². The topological polar surface area (TPSA) is 67.9 Å². The highest BCUT2D eigenvalue weighted by atomic mass is 16.5. The van der Waals surface area contributed by atoms with Crippen molar-refractivity contribution in [3.05, 3.63) is 0 Å². The Hall–Kier alpha value is -1.30. The predicted molar refractivity (Wildman–Crippen MR) is 57.0 cm³/mol. The number of carbonyl (C=O) groups excluding carboxylic acids is 2. The van der Waals surface area contributed by atoms with Crippen LogP contribution in [0.5, 0.6) is 0 Å². The molecule has 0 radical (unpaired) electrons. The molecule has 0 bridgehead atoms. The van der Waals surface area contributed by atoms with E-state index in [0.29, 0.717) is 19.8 Å². The van der Waals surface area contributed by atoms with E-state index >= 15 is 0 Å². The van der Waals surface area contributed by atoms with Crippen LogP contribution in [0.25, 0.3) is 0 Å². The number of nitrogens with zero attached hydrogens (tertiary/aromatic N) is 1. The normalized spacial score (nSPS) is 19.2. The molecule has 0 aliphatic carbocycles. The summed E-state index contributed by atoms with van der Waals surface area (Å²) in [7, 11) is 1.56. The van der Waals surface area contributed by atoms with Crippen molar-refractivity contribution in [1.29, 1.82) is 0 Å². The van der Waals surface area contributed by atoms with Gasteiger partial charge < -0.3 is 19.7 Å². The Kier molecular flexibility index (Phi) is 5.04. The lowest BCUT2D eigenvalue weighted by molar-refractivity contribution is -0.143. The number of urea groups is 1. The minimum Gasteiger partial charge on any atom is -0.465 e. The van der Waals surface area contributed by atoms with Crippen molar-refractivity contribution in [1.82, 2.24) is 10.2 Å². The molecular formula is C10H18N2O4. The van der Waals surface area contributed by atoms with Crippen molar-refractivity contribution in [3.63, 3.8) is 0 Å². The number of esters is 1. The van der Waals surface area contributed by atoms with Crippen LogP contribution in [0.1, 0.15) is 13.3 Å². The molecule has 0 aromatic rings. The van der Waals surface area contributed by atoms with E-state index in [9.17, 15) is 9.59 Å². The molecule has 16 heavy (non-hydrogen) atoms. The van der Waals surface area contributed by atoms with E-state index in [1.807, 2.05) is 0 Å². The van der Waals surface area contributed by atoms with Crippen molar-refractivity contribution >= 4 is 12.0 Å². The van der Waals surface area contributed by atoms with Crippen LogP contribution in [0.2, 0.25) is 0 Å². The summed E-state index contributed by atoms with van der Waals surface area (Å²) in [5.74, 6) is -0.400. The number of rotatable bonds is 4. The second-order valence-electron chi connectivity index (χ2n) is 3.67. The summed E-state index contributed by atoms with van der Waals surface area (Å²) in [6.45, 7) is 3.23. The first kappa shape index (κ1) is 12.8.